The summed E-state index contributed by atoms with van der Waals surface area (Å²) in [5.74, 6) is -0.105. The van der Waals surface area contributed by atoms with Gasteiger partial charge in [-0.05, 0) is 72.2 Å². The number of nitrogens with zero attached hydrogens (tertiary/aromatic N) is 2. The van der Waals surface area contributed by atoms with Crippen LogP contribution in [0.5, 0.6) is 0 Å². The number of esters is 1. The van der Waals surface area contributed by atoms with Gasteiger partial charge in [-0.3, -0.25) is 9.59 Å². The number of ether oxygens (including phenoxy) is 1. The number of methoxy groups -OCH3 is 1. The molecule has 1 unspecified atom stereocenters. The van der Waals surface area contributed by atoms with Gasteiger partial charge >= 0.3 is 5.97 Å². The topological polar surface area (TPSA) is 49.9 Å². The van der Waals surface area contributed by atoms with Gasteiger partial charge in [0.15, 0.2) is 0 Å². The second-order valence-corrected chi connectivity index (χ2v) is 10.9. The van der Waals surface area contributed by atoms with E-state index < -0.39 is 0 Å². The van der Waals surface area contributed by atoms with E-state index in [1.54, 1.807) is 0 Å². The zero-order valence-electron chi connectivity index (χ0n) is 23.9. The van der Waals surface area contributed by atoms with E-state index in [4.69, 9.17) is 4.74 Å². The van der Waals surface area contributed by atoms with E-state index in [-0.39, 0.29) is 23.7 Å². The molecule has 0 aromatic heterocycles. The maximum atomic E-state index is 13.9. The lowest BCUT2D eigenvalue weighted by molar-refractivity contribution is -0.145. The van der Waals surface area contributed by atoms with Gasteiger partial charge in [0, 0.05) is 31.4 Å². The second-order valence-electron chi connectivity index (χ2n) is 10.9. The summed E-state index contributed by atoms with van der Waals surface area (Å²) in [7, 11) is 5.53. The third-order valence-electron chi connectivity index (χ3n) is 7.96. The van der Waals surface area contributed by atoms with E-state index >= 15 is 0 Å². The number of anilines is 2. The highest BCUT2D eigenvalue weighted by Gasteiger charge is 2.27. The first-order valence-electron chi connectivity index (χ1n) is 14.2. The van der Waals surface area contributed by atoms with Gasteiger partial charge in [0.25, 0.3) is 0 Å². The number of amides is 1. The molecule has 1 aliphatic carbocycles. The molecule has 0 N–H and O–H groups in total. The first-order chi connectivity index (χ1) is 18.9. The third-order valence-corrected chi connectivity index (χ3v) is 7.96. The molecule has 3 aromatic carbocycles. The molecule has 0 aliphatic heterocycles. The SMILES string of the molecule is CCC(Cc1cccc(N(Cc2ccc(-c3ccc(N(C)C)cc3)cc2)C(=O)C2CCCCC2)c1)C(=O)OC. The summed E-state index contributed by atoms with van der Waals surface area (Å²) in [6.45, 7) is 2.53. The molecule has 4 rings (SSSR count). The molecular formula is C34H42N2O3. The Morgan fingerprint density at radius 2 is 1.49 bits per heavy atom. The first-order valence-corrected chi connectivity index (χ1v) is 14.2. The van der Waals surface area contributed by atoms with Crippen molar-refractivity contribution in [1.82, 2.24) is 0 Å². The lowest BCUT2D eigenvalue weighted by Gasteiger charge is -2.30. The Morgan fingerprint density at radius 1 is 0.846 bits per heavy atom. The smallest absolute Gasteiger partial charge is 0.308 e. The number of carbonyl (C=O) groups excluding carboxylic acids is 2. The first kappa shape index (κ1) is 28.4. The van der Waals surface area contributed by atoms with Crippen molar-refractivity contribution < 1.29 is 14.3 Å². The van der Waals surface area contributed by atoms with Crippen LogP contribution in [0.4, 0.5) is 11.4 Å². The highest BCUT2D eigenvalue weighted by atomic mass is 16.5. The minimum atomic E-state index is -0.188. The average Bonchev–Trinajstić information content (AvgIpc) is 2.99. The Balaban J connectivity index is 1.58. The summed E-state index contributed by atoms with van der Waals surface area (Å²) in [5.41, 5.74) is 6.54. The third kappa shape index (κ3) is 7.29. The summed E-state index contributed by atoms with van der Waals surface area (Å²) in [5, 5.41) is 0. The Morgan fingerprint density at radius 3 is 2.08 bits per heavy atom. The van der Waals surface area contributed by atoms with Crippen LogP contribution < -0.4 is 9.80 Å². The molecule has 1 fully saturated rings. The van der Waals surface area contributed by atoms with Gasteiger partial charge < -0.3 is 14.5 Å². The van der Waals surface area contributed by atoms with E-state index in [9.17, 15) is 9.59 Å². The van der Waals surface area contributed by atoms with E-state index in [0.717, 1.165) is 48.1 Å². The zero-order valence-corrected chi connectivity index (χ0v) is 23.9. The van der Waals surface area contributed by atoms with Crippen molar-refractivity contribution >= 4 is 23.3 Å². The van der Waals surface area contributed by atoms with Gasteiger partial charge in [-0.25, -0.2) is 0 Å². The monoisotopic (exact) mass is 526 g/mol. The zero-order chi connectivity index (χ0) is 27.8. The summed E-state index contributed by atoms with van der Waals surface area (Å²) >= 11 is 0. The molecule has 5 nitrogen and oxygen atoms in total. The molecule has 0 bridgehead atoms. The molecule has 1 atom stereocenters. The van der Waals surface area contributed by atoms with Crippen molar-refractivity contribution in [1.29, 1.82) is 0 Å². The second kappa shape index (κ2) is 13.5. The normalized spacial score (nSPS) is 14.5. The fourth-order valence-corrected chi connectivity index (χ4v) is 5.50. The summed E-state index contributed by atoms with van der Waals surface area (Å²) < 4.78 is 5.00. The molecule has 0 radical (unpaired) electrons. The van der Waals surface area contributed by atoms with Crippen molar-refractivity contribution in [2.24, 2.45) is 11.8 Å². The summed E-state index contributed by atoms with van der Waals surface area (Å²) in [6.07, 6.45) is 6.66. The number of carbonyl (C=O) groups is 2. The van der Waals surface area contributed by atoms with Crippen molar-refractivity contribution in [3.05, 3.63) is 83.9 Å². The van der Waals surface area contributed by atoms with Crippen LogP contribution in [0.1, 0.15) is 56.6 Å². The van der Waals surface area contributed by atoms with E-state index in [1.165, 1.54) is 24.8 Å². The highest BCUT2D eigenvalue weighted by Crippen LogP contribution is 2.30. The molecule has 39 heavy (non-hydrogen) atoms. The predicted molar refractivity (Wildman–Crippen MR) is 160 cm³/mol. The van der Waals surface area contributed by atoms with E-state index in [0.29, 0.717) is 19.4 Å². The Hall–Kier alpha value is -3.60. The van der Waals surface area contributed by atoms with Crippen molar-refractivity contribution in [2.45, 2.75) is 58.4 Å². The van der Waals surface area contributed by atoms with Crippen molar-refractivity contribution in [2.75, 3.05) is 31.0 Å². The molecule has 3 aromatic rings. The number of rotatable bonds is 10. The quantitative estimate of drug-likeness (QED) is 0.261. The lowest BCUT2D eigenvalue weighted by atomic mass is 9.88. The van der Waals surface area contributed by atoms with Crippen LogP contribution in [0.2, 0.25) is 0 Å². The maximum Gasteiger partial charge on any atom is 0.308 e. The number of benzene rings is 3. The molecular weight excluding hydrogens is 484 g/mol. The van der Waals surface area contributed by atoms with Crippen LogP contribution in [-0.4, -0.2) is 33.1 Å². The molecule has 5 heteroatoms. The van der Waals surface area contributed by atoms with Gasteiger partial charge in [-0.15, -0.1) is 0 Å². The van der Waals surface area contributed by atoms with Gasteiger partial charge in [0.1, 0.15) is 0 Å². The lowest BCUT2D eigenvalue weighted by Crippen LogP contribution is -2.36. The van der Waals surface area contributed by atoms with Crippen molar-refractivity contribution in [3.63, 3.8) is 0 Å². The standard InChI is InChI=1S/C34H42N2O3/c1-5-27(34(38)39-4)22-26-10-9-13-32(23-26)36(33(37)30-11-7-6-8-12-30)24-25-14-16-28(17-15-25)29-18-20-31(21-19-29)35(2)3/h9-10,13-21,23,27,30H,5-8,11-12,22,24H2,1-4H3. The highest BCUT2D eigenvalue weighted by molar-refractivity contribution is 5.95. The number of hydrogen-bond donors (Lipinski definition) is 0. The Bertz CT molecular complexity index is 1230. The Kier molecular flexibility index (Phi) is 9.80. The van der Waals surface area contributed by atoms with Gasteiger partial charge in [-0.1, -0.05) is 74.7 Å². The average molecular weight is 527 g/mol. The molecule has 206 valence electrons. The van der Waals surface area contributed by atoms with E-state index in [1.807, 2.05) is 44.1 Å². The largest absolute Gasteiger partial charge is 0.469 e. The fourth-order valence-electron chi connectivity index (χ4n) is 5.50. The van der Waals surface area contributed by atoms with E-state index in [2.05, 4.69) is 59.5 Å². The maximum absolute atomic E-state index is 13.9. The molecule has 0 spiro atoms. The van der Waals surface area contributed by atoms with Gasteiger partial charge in [0.05, 0.1) is 19.6 Å². The van der Waals surface area contributed by atoms with Crippen LogP contribution in [0.25, 0.3) is 11.1 Å². The summed E-state index contributed by atoms with van der Waals surface area (Å²) in [4.78, 5) is 30.1. The number of hydrogen-bond acceptors (Lipinski definition) is 4. The Labute approximate surface area is 233 Å². The molecule has 1 saturated carbocycles. The minimum Gasteiger partial charge on any atom is -0.469 e. The van der Waals surface area contributed by atoms with Crippen molar-refractivity contribution in [3.8, 4) is 11.1 Å². The van der Waals surface area contributed by atoms with Crippen LogP contribution in [0, 0.1) is 11.8 Å². The van der Waals surface area contributed by atoms with Crippen LogP contribution >= 0.6 is 0 Å². The minimum absolute atomic E-state index is 0.0651. The molecule has 1 amide bonds. The molecule has 1 aliphatic rings. The van der Waals surface area contributed by atoms with Crippen LogP contribution in [0.3, 0.4) is 0 Å². The molecule has 0 heterocycles. The summed E-state index contributed by atoms with van der Waals surface area (Å²) in [6, 6.07) is 25.2. The fraction of sp³-hybridized carbons (Fsp3) is 0.412. The van der Waals surface area contributed by atoms with Crippen LogP contribution in [0.15, 0.2) is 72.8 Å². The predicted octanol–water partition coefficient (Wildman–Crippen LogP) is 7.27. The van der Waals surface area contributed by atoms with Gasteiger partial charge in [0.2, 0.25) is 5.91 Å². The molecule has 0 saturated heterocycles. The van der Waals surface area contributed by atoms with Crippen LogP contribution in [-0.2, 0) is 27.3 Å². The van der Waals surface area contributed by atoms with Gasteiger partial charge in [-0.2, -0.15) is 0 Å².